The molecule has 0 radical (unpaired) electrons. The van der Waals surface area contributed by atoms with E-state index in [9.17, 15) is 13.2 Å². The Morgan fingerprint density at radius 1 is 1.00 bits per heavy atom. The Hall–Kier alpha value is -2.22. The van der Waals surface area contributed by atoms with Gasteiger partial charge in [-0.15, -0.1) is 0 Å². The van der Waals surface area contributed by atoms with E-state index in [0.29, 0.717) is 19.6 Å². The molecule has 0 aromatic heterocycles. The molecule has 2 aliphatic rings. The summed E-state index contributed by atoms with van der Waals surface area (Å²) in [7, 11) is 0.0647. The quantitative estimate of drug-likeness (QED) is 0.810. The zero-order valence-corrected chi connectivity index (χ0v) is 16.3. The first-order valence-electron chi connectivity index (χ1n) is 9.03. The normalized spacial score (nSPS) is 21.5. The predicted molar refractivity (Wildman–Crippen MR) is 104 cm³/mol. The summed E-state index contributed by atoms with van der Waals surface area (Å²) in [4.78, 5) is 15.9. The third kappa shape index (κ3) is 3.16. The van der Waals surface area contributed by atoms with Crippen molar-refractivity contribution in [2.75, 3.05) is 38.6 Å². The van der Waals surface area contributed by atoms with Gasteiger partial charge >= 0.3 is 0 Å². The number of fused-ring (bicyclic) bond motifs is 1. The molecule has 0 aliphatic carbocycles. The van der Waals surface area contributed by atoms with Crippen molar-refractivity contribution in [1.29, 1.82) is 0 Å². The SMILES string of the molecule is CN1CCN(S(=O)(=O)c2ccc3c(c2)CC(=O)N3C)C(c2ccccc2)C1. The number of carbonyl (C=O) groups excluding carboxylic acids is 1. The number of rotatable bonds is 3. The molecular formula is C20H23N3O3S. The molecule has 2 aromatic rings. The van der Waals surface area contributed by atoms with Crippen LogP contribution in [0.5, 0.6) is 0 Å². The van der Waals surface area contributed by atoms with Gasteiger partial charge in [-0.1, -0.05) is 30.3 Å². The first-order valence-corrected chi connectivity index (χ1v) is 10.5. The summed E-state index contributed by atoms with van der Waals surface area (Å²) >= 11 is 0. The first-order chi connectivity index (χ1) is 12.9. The summed E-state index contributed by atoms with van der Waals surface area (Å²) in [6, 6.07) is 14.5. The maximum atomic E-state index is 13.4. The minimum atomic E-state index is -3.66. The Kier molecular flexibility index (Phi) is 4.53. The van der Waals surface area contributed by atoms with E-state index in [1.54, 1.807) is 34.5 Å². The Bertz CT molecular complexity index is 975. The molecule has 4 rings (SSSR count). The second-order valence-electron chi connectivity index (χ2n) is 7.22. The number of benzene rings is 2. The highest BCUT2D eigenvalue weighted by Crippen LogP contribution is 2.34. The maximum absolute atomic E-state index is 13.4. The van der Waals surface area contributed by atoms with Crippen molar-refractivity contribution in [3.05, 3.63) is 59.7 Å². The van der Waals surface area contributed by atoms with Gasteiger partial charge in [0.1, 0.15) is 0 Å². The van der Waals surface area contributed by atoms with E-state index in [-0.39, 0.29) is 23.3 Å². The van der Waals surface area contributed by atoms with Gasteiger partial charge in [0.2, 0.25) is 15.9 Å². The summed E-state index contributed by atoms with van der Waals surface area (Å²) in [5.41, 5.74) is 2.55. The van der Waals surface area contributed by atoms with Gasteiger partial charge in [0.05, 0.1) is 17.4 Å². The minimum Gasteiger partial charge on any atom is -0.315 e. The van der Waals surface area contributed by atoms with Gasteiger partial charge in [0, 0.05) is 32.4 Å². The Morgan fingerprint density at radius 3 is 2.48 bits per heavy atom. The third-order valence-electron chi connectivity index (χ3n) is 5.45. The number of likely N-dealkylation sites (N-methyl/N-ethyl adjacent to an activating group) is 2. The van der Waals surface area contributed by atoms with E-state index in [1.807, 2.05) is 37.4 Å². The Morgan fingerprint density at radius 2 is 1.74 bits per heavy atom. The van der Waals surface area contributed by atoms with Crippen molar-refractivity contribution >= 4 is 21.6 Å². The third-order valence-corrected chi connectivity index (χ3v) is 7.36. The monoisotopic (exact) mass is 385 g/mol. The fourth-order valence-corrected chi connectivity index (χ4v) is 5.53. The molecule has 1 fully saturated rings. The average molecular weight is 385 g/mol. The Labute approximate surface area is 160 Å². The molecular weight excluding hydrogens is 362 g/mol. The molecule has 1 unspecified atom stereocenters. The molecule has 2 heterocycles. The van der Waals surface area contributed by atoms with Crippen LogP contribution >= 0.6 is 0 Å². The molecule has 0 N–H and O–H groups in total. The fourth-order valence-electron chi connectivity index (χ4n) is 3.88. The first kappa shape index (κ1) is 18.2. The number of amides is 1. The average Bonchev–Trinajstić information content (AvgIpc) is 2.95. The van der Waals surface area contributed by atoms with Crippen molar-refractivity contribution in [3.8, 4) is 0 Å². The summed E-state index contributed by atoms with van der Waals surface area (Å²) < 4.78 is 28.5. The minimum absolute atomic E-state index is 0.0127. The van der Waals surface area contributed by atoms with Crippen LogP contribution in [0.3, 0.4) is 0 Å². The van der Waals surface area contributed by atoms with E-state index in [1.165, 1.54) is 0 Å². The zero-order valence-electron chi connectivity index (χ0n) is 15.5. The highest BCUT2D eigenvalue weighted by atomic mass is 32.2. The van der Waals surface area contributed by atoms with Crippen molar-refractivity contribution in [2.45, 2.75) is 17.4 Å². The lowest BCUT2D eigenvalue weighted by Crippen LogP contribution is -2.49. The van der Waals surface area contributed by atoms with Crippen LogP contribution in [0.2, 0.25) is 0 Å². The van der Waals surface area contributed by atoms with Crippen LogP contribution in [0.25, 0.3) is 0 Å². The molecule has 2 aromatic carbocycles. The van der Waals surface area contributed by atoms with Crippen molar-refractivity contribution in [3.63, 3.8) is 0 Å². The van der Waals surface area contributed by atoms with E-state index in [4.69, 9.17) is 0 Å². The lowest BCUT2D eigenvalue weighted by Gasteiger charge is -2.39. The molecule has 27 heavy (non-hydrogen) atoms. The number of nitrogens with zero attached hydrogens (tertiary/aromatic N) is 3. The molecule has 1 amide bonds. The molecule has 142 valence electrons. The van der Waals surface area contributed by atoms with E-state index in [2.05, 4.69) is 4.90 Å². The van der Waals surface area contributed by atoms with Crippen molar-refractivity contribution < 1.29 is 13.2 Å². The highest BCUT2D eigenvalue weighted by Gasteiger charge is 2.37. The lowest BCUT2D eigenvalue weighted by atomic mass is 10.1. The summed E-state index contributed by atoms with van der Waals surface area (Å²) in [5.74, 6) is -0.0127. The number of carbonyl (C=O) groups is 1. The van der Waals surface area contributed by atoms with Crippen LogP contribution in [-0.2, 0) is 21.2 Å². The van der Waals surface area contributed by atoms with Crippen LogP contribution < -0.4 is 4.90 Å². The van der Waals surface area contributed by atoms with Crippen molar-refractivity contribution in [1.82, 2.24) is 9.21 Å². The van der Waals surface area contributed by atoms with Crippen LogP contribution in [0.4, 0.5) is 5.69 Å². The second-order valence-corrected chi connectivity index (χ2v) is 9.12. The standard InChI is InChI=1S/C20H23N3O3S/c1-21-10-11-23(19(14-21)15-6-4-3-5-7-15)27(25,26)17-8-9-18-16(12-17)13-20(24)22(18)2/h3-9,12,19H,10-11,13-14H2,1-2H3. The molecule has 6 nitrogen and oxygen atoms in total. The van der Waals surface area contributed by atoms with Gasteiger partial charge < -0.3 is 9.80 Å². The topological polar surface area (TPSA) is 60.9 Å². The molecule has 1 saturated heterocycles. The number of piperazine rings is 1. The van der Waals surface area contributed by atoms with Gasteiger partial charge in [0.25, 0.3) is 0 Å². The second kappa shape index (κ2) is 6.74. The van der Waals surface area contributed by atoms with Crippen LogP contribution in [0, 0.1) is 0 Å². The van der Waals surface area contributed by atoms with Gasteiger partial charge in [-0.3, -0.25) is 4.79 Å². The van der Waals surface area contributed by atoms with Gasteiger partial charge in [-0.05, 0) is 36.4 Å². The predicted octanol–water partition coefficient (Wildman–Crippen LogP) is 1.88. The van der Waals surface area contributed by atoms with Gasteiger partial charge in [-0.2, -0.15) is 4.31 Å². The number of hydrogen-bond donors (Lipinski definition) is 0. The zero-order chi connectivity index (χ0) is 19.2. The molecule has 1 atom stereocenters. The summed E-state index contributed by atoms with van der Waals surface area (Å²) in [6.07, 6.45) is 0.250. The number of sulfonamides is 1. The van der Waals surface area contributed by atoms with Gasteiger partial charge in [0.15, 0.2) is 0 Å². The van der Waals surface area contributed by atoms with Crippen LogP contribution in [0.1, 0.15) is 17.2 Å². The number of anilines is 1. The van der Waals surface area contributed by atoms with Crippen LogP contribution in [-0.4, -0.2) is 57.3 Å². The Balaban J connectivity index is 1.72. The van der Waals surface area contributed by atoms with E-state index >= 15 is 0 Å². The molecule has 7 heteroatoms. The molecule has 2 aliphatic heterocycles. The molecule has 0 bridgehead atoms. The lowest BCUT2D eigenvalue weighted by molar-refractivity contribution is -0.117. The fraction of sp³-hybridized carbons (Fsp3) is 0.350. The molecule has 0 spiro atoms. The van der Waals surface area contributed by atoms with E-state index in [0.717, 1.165) is 16.8 Å². The molecule has 0 saturated carbocycles. The summed E-state index contributed by atoms with van der Waals surface area (Å²) in [5, 5.41) is 0. The largest absolute Gasteiger partial charge is 0.315 e. The smallest absolute Gasteiger partial charge is 0.243 e. The maximum Gasteiger partial charge on any atom is 0.243 e. The highest BCUT2D eigenvalue weighted by molar-refractivity contribution is 7.89. The van der Waals surface area contributed by atoms with Crippen LogP contribution in [0.15, 0.2) is 53.4 Å². The number of hydrogen-bond acceptors (Lipinski definition) is 4. The van der Waals surface area contributed by atoms with Gasteiger partial charge in [-0.25, -0.2) is 8.42 Å². The summed E-state index contributed by atoms with van der Waals surface area (Å²) in [6.45, 7) is 1.78. The van der Waals surface area contributed by atoms with E-state index < -0.39 is 10.0 Å². The van der Waals surface area contributed by atoms with Crippen molar-refractivity contribution in [2.24, 2.45) is 0 Å².